The van der Waals surface area contributed by atoms with Crippen molar-refractivity contribution in [3.8, 4) is 17.8 Å². The number of ether oxygens (including phenoxy) is 3. The normalized spacial score (nSPS) is 10.2. The number of carbonyl (C=O) groups excluding carboxylic acids is 2. The molecule has 0 bridgehead atoms. The van der Waals surface area contributed by atoms with Gasteiger partial charge in [-0.15, -0.1) is 5.26 Å². The van der Waals surface area contributed by atoms with Crippen molar-refractivity contribution >= 4 is 29.4 Å². The van der Waals surface area contributed by atoms with Gasteiger partial charge in [-0.1, -0.05) is 12.1 Å². The van der Waals surface area contributed by atoms with E-state index >= 15 is 0 Å². The van der Waals surface area contributed by atoms with Gasteiger partial charge in [0.1, 0.15) is 12.4 Å². The van der Waals surface area contributed by atoms with Crippen LogP contribution >= 0.6 is 0 Å². The first-order valence-corrected chi connectivity index (χ1v) is 7.84. The van der Waals surface area contributed by atoms with Crippen molar-refractivity contribution in [1.29, 1.82) is 5.26 Å². The fourth-order valence-electron chi connectivity index (χ4n) is 1.98. The summed E-state index contributed by atoms with van der Waals surface area (Å²) in [5.41, 5.74) is 12.7. The maximum Gasteiger partial charge on any atom is 0.330 e. The molecule has 0 aliphatic carbocycles. The number of esters is 2. The van der Waals surface area contributed by atoms with Gasteiger partial charge >= 0.3 is 11.9 Å². The van der Waals surface area contributed by atoms with Crippen LogP contribution in [0.2, 0.25) is 0 Å². The van der Waals surface area contributed by atoms with E-state index in [1.165, 1.54) is 24.3 Å². The van der Waals surface area contributed by atoms with Crippen molar-refractivity contribution in [2.75, 3.05) is 18.1 Å². The molecule has 0 aliphatic rings. The Bertz CT molecular complexity index is 885. The van der Waals surface area contributed by atoms with Crippen molar-refractivity contribution in [3.05, 3.63) is 54.1 Å². The molecule has 2 aromatic carbocycles. The van der Waals surface area contributed by atoms with E-state index in [0.29, 0.717) is 11.4 Å². The molecule has 0 atom stereocenters. The molecular weight excluding hydrogens is 350 g/mol. The van der Waals surface area contributed by atoms with Gasteiger partial charge in [0.15, 0.2) is 5.75 Å². The first kappa shape index (κ1) is 19.3. The molecule has 0 unspecified atom stereocenters. The minimum atomic E-state index is -0.604. The van der Waals surface area contributed by atoms with E-state index < -0.39 is 11.9 Å². The molecule has 138 valence electrons. The van der Waals surface area contributed by atoms with Crippen LogP contribution in [-0.4, -0.2) is 18.5 Å². The largest absolute Gasteiger partial charge is 0.462 e. The maximum absolute atomic E-state index is 11.7. The number of carbonyl (C=O) groups is 2. The Morgan fingerprint density at radius 3 is 2.52 bits per heavy atom. The van der Waals surface area contributed by atoms with Crippen molar-refractivity contribution in [1.82, 2.24) is 0 Å². The molecule has 4 N–H and O–H groups in total. The number of anilines is 2. The summed E-state index contributed by atoms with van der Waals surface area (Å²) in [4.78, 5) is 23.4. The lowest BCUT2D eigenvalue weighted by molar-refractivity contribution is -0.141. The van der Waals surface area contributed by atoms with Crippen LogP contribution in [0.4, 0.5) is 11.4 Å². The number of hydrogen-bond donors (Lipinski definition) is 2. The summed E-state index contributed by atoms with van der Waals surface area (Å²) in [6.07, 6.45) is 4.20. The summed E-state index contributed by atoms with van der Waals surface area (Å²) in [5, 5.41) is 8.40. The van der Waals surface area contributed by atoms with E-state index in [1.54, 1.807) is 36.6 Å². The number of benzene rings is 2. The van der Waals surface area contributed by atoms with Gasteiger partial charge in [-0.05, 0) is 42.0 Å². The molecule has 0 aromatic heterocycles. The Labute approximate surface area is 155 Å². The first-order valence-electron chi connectivity index (χ1n) is 7.84. The highest BCUT2D eigenvalue weighted by Crippen LogP contribution is 2.23. The summed E-state index contributed by atoms with van der Waals surface area (Å²) < 4.78 is 14.7. The van der Waals surface area contributed by atoms with Crippen molar-refractivity contribution in [2.24, 2.45) is 0 Å². The molecule has 0 saturated carbocycles. The van der Waals surface area contributed by atoms with Gasteiger partial charge in [0.25, 0.3) is 6.26 Å². The van der Waals surface area contributed by atoms with E-state index in [2.05, 4.69) is 4.74 Å². The molecule has 0 heterocycles. The van der Waals surface area contributed by atoms with Gasteiger partial charge in [0, 0.05) is 11.8 Å². The highest BCUT2D eigenvalue weighted by molar-refractivity contribution is 5.87. The highest BCUT2D eigenvalue weighted by atomic mass is 16.5. The monoisotopic (exact) mass is 367 g/mol. The predicted molar refractivity (Wildman–Crippen MR) is 98.2 cm³/mol. The molecule has 0 amide bonds. The summed E-state index contributed by atoms with van der Waals surface area (Å²) in [6, 6.07) is 11.1. The van der Waals surface area contributed by atoms with Crippen LogP contribution in [0.15, 0.2) is 48.5 Å². The van der Waals surface area contributed by atoms with Crippen molar-refractivity contribution in [2.45, 2.75) is 6.42 Å². The Balaban J connectivity index is 1.75. The van der Waals surface area contributed by atoms with Gasteiger partial charge in [-0.2, -0.15) is 0 Å². The zero-order chi connectivity index (χ0) is 19.6. The van der Waals surface area contributed by atoms with Crippen molar-refractivity contribution in [3.63, 3.8) is 0 Å². The summed E-state index contributed by atoms with van der Waals surface area (Å²) in [6.45, 7) is -0.133. The first-order chi connectivity index (χ1) is 13.0. The zero-order valence-electron chi connectivity index (χ0n) is 14.3. The summed E-state index contributed by atoms with van der Waals surface area (Å²) >= 11 is 0. The number of nitrogens with zero attached hydrogens (tertiary/aromatic N) is 1. The molecular formula is C19H17N3O5. The fraction of sp³-hybridized carbons (Fsp3) is 0.105. The van der Waals surface area contributed by atoms with Crippen LogP contribution in [-0.2, 0) is 14.3 Å². The van der Waals surface area contributed by atoms with Gasteiger partial charge in [-0.25, -0.2) is 4.79 Å². The van der Waals surface area contributed by atoms with Gasteiger partial charge in [-0.3, -0.25) is 4.79 Å². The van der Waals surface area contributed by atoms with E-state index in [9.17, 15) is 9.59 Å². The second kappa shape index (κ2) is 9.48. The SMILES string of the molecule is N#COc1ccc(/C=C/C(=O)OCCC(=O)Oc2ccc(N)cc2N)cc1. The smallest absolute Gasteiger partial charge is 0.330 e. The quantitative estimate of drug-likeness (QED) is 0.250. The molecule has 0 radical (unpaired) electrons. The molecule has 0 saturated heterocycles. The predicted octanol–water partition coefficient (Wildman–Crippen LogP) is 2.26. The third-order valence-electron chi connectivity index (χ3n) is 3.26. The number of hydrogen-bond acceptors (Lipinski definition) is 8. The molecule has 0 fully saturated rings. The molecule has 2 rings (SSSR count). The number of nitrogens with two attached hydrogens (primary N) is 2. The number of rotatable bonds is 7. The average molecular weight is 367 g/mol. The summed E-state index contributed by atoms with van der Waals surface area (Å²) in [7, 11) is 0. The minimum Gasteiger partial charge on any atom is -0.462 e. The van der Waals surface area contributed by atoms with Crippen LogP contribution in [0.5, 0.6) is 11.5 Å². The van der Waals surface area contributed by atoms with Crippen LogP contribution in [0, 0.1) is 11.5 Å². The molecule has 8 nitrogen and oxygen atoms in total. The third-order valence-corrected chi connectivity index (χ3v) is 3.26. The maximum atomic E-state index is 11.7. The molecule has 8 heteroatoms. The Morgan fingerprint density at radius 1 is 1.11 bits per heavy atom. The molecule has 27 heavy (non-hydrogen) atoms. The van der Waals surface area contributed by atoms with E-state index in [0.717, 1.165) is 5.56 Å². The van der Waals surface area contributed by atoms with E-state index in [-0.39, 0.29) is 24.5 Å². The van der Waals surface area contributed by atoms with Crippen LogP contribution in [0.1, 0.15) is 12.0 Å². The molecule has 0 aliphatic heterocycles. The van der Waals surface area contributed by atoms with Crippen molar-refractivity contribution < 1.29 is 23.8 Å². The van der Waals surface area contributed by atoms with Gasteiger partial charge in [0.05, 0.1) is 12.1 Å². The second-order valence-corrected chi connectivity index (χ2v) is 5.28. The Hall–Kier alpha value is -3.99. The number of nitrogen functional groups attached to an aromatic ring is 2. The second-order valence-electron chi connectivity index (χ2n) is 5.28. The van der Waals surface area contributed by atoms with E-state index in [4.69, 9.17) is 26.2 Å². The lowest BCUT2D eigenvalue weighted by Crippen LogP contribution is -2.13. The Morgan fingerprint density at radius 2 is 1.85 bits per heavy atom. The fourth-order valence-corrected chi connectivity index (χ4v) is 1.98. The lowest BCUT2D eigenvalue weighted by Gasteiger charge is -2.07. The average Bonchev–Trinajstić information content (AvgIpc) is 2.64. The van der Waals surface area contributed by atoms with Gasteiger partial charge in [0.2, 0.25) is 0 Å². The highest BCUT2D eigenvalue weighted by Gasteiger charge is 2.09. The minimum absolute atomic E-state index is 0.121. The van der Waals surface area contributed by atoms with Gasteiger partial charge < -0.3 is 25.7 Å². The third kappa shape index (κ3) is 6.43. The zero-order valence-corrected chi connectivity index (χ0v) is 14.3. The lowest BCUT2D eigenvalue weighted by atomic mass is 10.2. The summed E-state index contributed by atoms with van der Waals surface area (Å²) in [5.74, 6) is -0.592. The standard InChI is InChI=1S/C19H17N3O5/c20-12-26-15-5-1-13(2-6-15)3-8-18(23)25-10-9-19(24)27-17-7-4-14(21)11-16(17)22/h1-8,11H,9-10,21-22H2/b8-3+. The number of nitriles is 1. The van der Waals surface area contributed by atoms with Crippen LogP contribution < -0.4 is 20.9 Å². The Kier molecular flexibility index (Phi) is 6.79. The molecule has 2 aromatic rings. The van der Waals surface area contributed by atoms with E-state index in [1.807, 2.05) is 0 Å². The molecule has 0 spiro atoms. The topological polar surface area (TPSA) is 138 Å². The van der Waals surface area contributed by atoms with Crippen LogP contribution in [0.3, 0.4) is 0 Å². The van der Waals surface area contributed by atoms with Crippen LogP contribution in [0.25, 0.3) is 6.08 Å².